The number of hydrogen-bond acceptors (Lipinski definition) is 5. The van der Waals surface area contributed by atoms with Gasteiger partial charge in [0.2, 0.25) is 0 Å². The molecule has 1 heterocycles. The minimum absolute atomic E-state index is 0.222. The van der Waals surface area contributed by atoms with Crippen molar-refractivity contribution < 1.29 is 19.1 Å². The number of ether oxygens (including phenoxy) is 2. The van der Waals surface area contributed by atoms with Crippen LogP contribution in [0.5, 0.6) is 5.75 Å². The van der Waals surface area contributed by atoms with E-state index in [9.17, 15) is 9.59 Å². The highest BCUT2D eigenvalue weighted by Crippen LogP contribution is 2.34. The van der Waals surface area contributed by atoms with Crippen LogP contribution in [0.15, 0.2) is 12.1 Å². The number of esters is 1. The molecular formula is C14H15Cl2NO4S. The van der Waals surface area contributed by atoms with E-state index in [2.05, 4.69) is 0 Å². The number of halogens is 2. The largest absolute Gasteiger partial charge is 0.494 e. The summed E-state index contributed by atoms with van der Waals surface area (Å²) in [4.78, 5) is 25.8. The third-order valence-corrected chi connectivity index (χ3v) is 4.99. The molecule has 0 spiro atoms. The van der Waals surface area contributed by atoms with Crippen molar-refractivity contribution in [2.75, 3.05) is 33.1 Å². The van der Waals surface area contributed by atoms with Crippen LogP contribution in [0.1, 0.15) is 10.4 Å². The summed E-state index contributed by atoms with van der Waals surface area (Å²) in [5.41, 5.74) is 0.367. The Morgan fingerprint density at radius 1 is 1.27 bits per heavy atom. The molecule has 0 unspecified atom stereocenters. The molecule has 0 radical (unpaired) electrons. The first-order valence-electron chi connectivity index (χ1n) is 6.49. The molecule has 0 aliphatic carbocycles. The topological polar surface area (TPSA) is 55.8 Å². The van der Waals surface area contributed by atoms with Crippen molar-refractivity contribution >= 4 is 46.8 Å². The van der Waals surface area contributed by atoms with E-state index in [4.69, 9.17) is 32.7 Å². The van der Waals surface area contributed by atoms with Gasteiger partial charge >= 0.3 is 5.97 Å². The highest BCUT2D eigenvalue weighted by atomic mass is 35.5. The highest BCUT2D eigenvalue weighted by molar-refractivity contribution is 8.00. The summed E-state index contributed by atoms with van der Waals surface area (Å²) in [7, 11) is 2.80. The molecule has 0 N–H and O–H groups in total. The number of carbonyl (C=O) groups excluding carboxylic acids is 2. The van der Waals surface area contributed by atoms with E-state index in [1.165, 1.54) is 38.1 Å². The third kappa shape index (κ3) is 3.62. The maximum Gasteiger partial charge on any atom is 0.320 e. The van der Waals surface area contributed by atoms with E-state index >= 15 is 0 Å². The minimum atomic E-state index is -0.369. The molecule has 22 heavy (non-hydrogen) atoms. The number of nitrogens with zero attached hydrogens (tertiary/aromatic N) is 1. The quantitative estimate of drug-likeness (QED) is 0.772. The molecule has 1 aromatic rings. The number of carbonyl (C=O) groups is 2. The van der Waals surface area contributed by atoms with Crippen molar-refractivity contribution in [2.45, 2.75) is 5.25 Å². The highest BCUT2D eigenvalue weighted by Gasteiger charge is 2.30. The van der Waals surface area contributed by atoms with Crippen LogP contribution in [-0.4, -0.2) is 55.1 Å². The molecule has 1 amide bonds. The second-order valence-corrected chi connectivity index (χ2v) is 6.73. The number of thioether (sulfide) groups is 1. The zero-order valence-electron chi connectivity index (χ0n) is 12.1. The van der Waals surface area contributed by atoms with E-state index in [0.717, 1.165) is 0 Å². The summed E-state index contributed by atoms with van der Waals surface area (Å²) in [6.07, 6.45) is 0. The van der Waals surface area contributed by atoms with Crippen molar-refractivity contribution in [1.29, 1.82) is 0 Å². The lowest BCUT2D eigenvalue weighted by molar-refractivity contribution is -0.140. The fraction of sp³-hybridized carbons (Fsp3) is 0.429. The Kier molecular flexibility index (Phi) is 5.83. The van der Waals surface area contributed by atoms with Crippen LogP contribution >= 0.6 is 35.0 Å². The Morgan fingerprint density at radius 2 is 1.91 bits per heavy atom. The summed E-state index contributed by atoms with van der Waals surface area (Å²) in [5.74, 6) is 0.457. The maximum atomic E-state index is 12.6. The van der Waals surface area contributed by atoms with Gasteiger partial charge < -0.3 is 14.4 Å². The standard InChI is InChI=1S/C14H15Cl2NO4S/c1-20-12-9(15)5-8(6-10(12)16)13(18)17-3-4-22-11(7-17)14(19)21-2/h5-6,11H,3-4,7H2,1-2H3/t11-/m0/s1. The Balaban J connectivity index is 2.19. The van der Waals surface area contributed by atoms with E-state index in [1.54, 1.807) is 4.90 Å². The van der Waals surface area contributed by atoms with Gasteiger partial charge in [-0.05, 0) is 12.1 Å². The molecule has 8 heteroatoms. The van der Waals surface area contributed by atoms with Gasteiger partial charge in [-0.3, -0.25) is 9.59 Å². The molecule has 1 saturated heterocycles. The molecule has 1 aliphatic rings. The fourth-order valence-corrected chi connectivity index (χ4v) is 3.94. The second kappa shape index (κ2) is 7.44. The summed E-state index contributed by atoms with van der Waals surface area (Å²) in [6.45, 7) is 0.857. The SMILES string of the molecule is COC(=O)[C@@H]1CN(C(=O)c2cc(Cl)c(OC)c(Cl)c2)CCS1. The molecule has 1 atom stereocenters. The minimum Gasteiger partial charge on any atom is -0.494 e. The predicted molar refractivity (Wildman–Crippen MR) is 87.2 cm³/mol. The summed E-state index contributed by atoms with van der Waals surface area (Å²) < 4.78 is 9.80. The molecule has 1 aromatic carbocycles. The summed E-state index contributed by atoms with van der Waals surface area (Å²) in [6, 6.07) is 3.03. The van der Waals surface area contributed by atoms with Crippen LogP contribution in [0.3, 0.4) is 0 Å². The van der Waals surface area contributed by atoms with E-state index in [-0.39, 0.29) is 27.2 Å². The molecule has 2 rings (SSSR count). The normalized spacial score (nSPS) is 18.0. The Bertz CT molecular complexity index is 573. The average molecular weight is 364 g/mol. The zero-order valence-corrected chi connectivity index (χ0v) is 14.4. The van der Waals surface area contributed by atoms with Gasteiger partial charge in [-0.2, -0.15) is 0 Å². The van der Waals surface area contributed by atoms with Crippen LogP contribution in [0, 0.1) is 0 Å². The van der Waals surface area contributed by atoms with Crippen LogP contribution < -0.4 is 4.74 Å². The predicted octanol–water partition coefficient (Wildman–Crippen LogP) is 2.73. The summed E-state index contributed by atoms with van der Waals surface area (Å²) in [5, 5.41) is 0.176. The van der Waals surface area contributed by atoms with Gasteiger partial charge in [0.05, 0.1) is 24.3 Å². The van der Waals surface area contributed by atoms with Crippen LogP contribution in [-0.2, 0) is 9.53 Å². The van der Waals surface area contributed by atoms with Gasteiger partial charge in [0, 0.05) is 24.4 Å². The second-order valence-electron chi connectivity index (χ2n) is 4.61. The molecule has 0 aromatic heterocycles. The van der Waals surface area contributed by atoms with Gasteiger partial charge in [-0.25, -0.2) is 0 Å². The Morgan fingerprint density at radius 3 is 2.45 bits per heavy atom. The Labute approximate surface area is 142 Å². The first-order valence-corrected chi connectivity index (χ1v) is 8.30. The molecule has 1 fully saturated rings. The first-order chi connectivity index (χ1) is 10.5. The average Bonchev–Trinajstić information content (AvgIpc) is 2.53. The lowest BCUT2D eigenvalue weighted by atomic mass is 10.1. The number of methoxy groups -OCH3 is 2. The van der Waals surface area contributed by atoms with Gasteiger partial charge in [0.1, 0.15) is 5.25 Å². The first kappa shape index (κ1) is 17.2. The third-order valence-electron chi connectivity index (χ3n) is 3.27. The molecule has 5 nitrogen and oxygen atoms in total. The number of hydrogen-bond donors (Lipinski definition) is 0. The molecule has 120 valence electrons. The van der Waals surface area contributed by atoms with Crippen molar-refractivity contribution in [2.24, 2.45) is 0 Å². The number of amides is 1. The van der Waals surface area contributed by atoms with E-state index < -0.39 is 0 Å². The van der Waals surface area contributed by atoms with Crippen molar-refractivity contribution in [3.8, 4) is 5.75 Å². The van der Waals surface area contributed by atoms with Crippen molar-refractivity contribution in [1.82, 2.24) is 4.90 Å². The van der Waals surface area contributed by atoms with Crippen LogP contribution in [0.2, 0.25) is 10.0 Å². The molecular weight excluding hydrogens is 349 g/mol. The maximum absolute atomic E-state index is 12.6. The molecule has 0 bridgehead atoms. The van der Waals surface area contributed by atoms with Crippen LogP contribution in [0.25, 0.3) is 0 Å². The number of rotatable bonds is 3. The monoisotopic (exact) mass is 363 g/mol. The Hall–Kier alpha value is -1.11. The lowest BCUT2D eigenvalue weighted by Crippen LogP contribution is -2.45. The van der Waals surface area contributed by atoms with Crippen LogP contribution in [0.4, 0.5) is 0 Å². The van der Waals surface area contributed by atoms with Gasteiger partial charge in [0.25, 0.3) is 5.91 Å². The lowest BCUT2D eigenvalue weighted by Gasteiger charge is -2.31. The van der Waals surface area contributed by atoms with E-state index in [0.29, 0.717) is 30.2 Å². The number of benzene rings is 1. The van der Waals surface area contributed by atoms with Gasteiger partial charge in [-0.1, -0.05) is 23.2 Å². The smallest absolute Gasteiger partial charge is 0.320 e. The van der Waals surface area contributed by atoms with E-state index in [1.807, 2.05) is 0 Å². The molecule has 1 aliphatic heterocycles. The molecule has 0 saturated carbocycles. The van der Waals surface area contributed by atoms with Crippen molar-refractivity contribution in [3.05, 3.63) is 27.7 Å². The van der Waals surface area contributed by atoms with Crippen molar-refractivity contribution in [3.63, 3.8) is 0 Å². The van der Waals surface area contributed by atoms with Gasteiger partial charge in [-0.15, -0.1) is 11.8 Å². The zero-order chi connectivity index (χ0) is 16.3. The summed E-state index contributed by atoms with van der Waals surface area (Å²) >= 11 is 13.6. The van der Waals surface area contributed by atoms with Gasteiger partial charge in [0.15, 0.2) is 5.75 Å². The fourth-order valence-electron chi connectivity index (χ4n) is 2.17.